The second-order valence-electron chi connectivity index (χ2n) is 7.37. The van der Waals surface area contributed by atoms with Gasteiger partial charge >= 0.3 is 0 Å². The molecular formula is C22H35N5O3. The first kappa shape index (κ1) is 23.5. The smallest absolute Gasteiger partial charge is 0.191 e. The summed E-state index contributed by atoms with van der Waals surface area (Å²) in [6.07, 6.45) is 0.0899. The molecule has 30 heavy (non-hydrogen) atoms. The van der Waals surface area contributed by atoms with Crippen LogP contribution in [0.25, 0.3) is 0 Å². The Hall–Kier alpha value is -2.74. The fraction of sp³-hybridized carbons (Fsp3) is 0.545. The molecule has 0 amide bonds. The Morgan fingerprint density at radius 1 is 1.23 bits per heavy atom. The first-order valence-corrected chi connectivity index (χ1v) is 10.2. The molecule has 1 aromatic carbocycles. The van der Waals surface area contributed by atoms with Crippen LogP contribution in [0.5, 0.6) is 11.5 Å². The monoisotopic (exact) mass is 417 g/mol. The SMILES string of the molecule is CCNC(=NCC(O)c1ccc(OC)c(OC)c1)NC(C)Cc1c(C)nn(C)c1C. The van der Waals surface area contributed by atoms with Gasteiger partial charge in [-0.1, -0.05) is 6.07 Å². The fourth-order valence-corrected chi connectivity index (χ4v) is 3.37. The summed E-state index contributed by atoms with van der Waals surface area (Å²) >= 11 is 0. The molecule has 2 rings (SSSR count). The van der Waals surface area contributed by atoms with Crippen molar-refractivity contribution < 1.29 is 14.6 Å². The zero-order valence-electron chi connectivity index (χ0n) is 19.1. The van der Waals surface area contributed by atoms with E-state index >= 15 is 0 Å². The van der Waals surface area contributed by atoms with Crippen molar-refractivity contribution >= 4 is 5.96 Å². The lowest BCUT2D eigenvalue weighted by molar-refractivity contribution is 0.186. The third-order valence-corrected chi connectivity index (χ3v) is 5.11. The molecule has 0 aliphatic rings. The van der Waals surface area contributed by atoms with Crippen molar-refractivity contribution in [3.05, 3.63) is 40.7 Å². The minimum absolute atomic E-state index is 0.155. The molecule has 2 atom stereocenters. The number of rotatable bonds is 9. The summed E-state index contributed by atoms with van der Waals surface area (Å²) in [5.41, 5.74) is 4.20. The zero-order valence-corrected chi connectivity index (χ0v) is 19.1. The summed E-state index contributed by atoms with van der Waals surface area (Å²) in [7, 11) is 5.12. The van der Waals surface area contributed by atoms with Crippen molar-refractivity contribution in [1.29, 1.82) is 0 Å². The average Bonchev–Trinajstić information content (AvgIpc) is 2.97. The minimum atomic E-state index is -0.751. The fourth-order valence-electron chi connectivity index (χ4n) is 3.37. The van der Waals surface area contributed by atoms with Crippen LogP contribution in [-0.4, -0.2) is 54.2 Å². The van der Waals surface area contributed by atoms with E-state index in [-0.39, 0.29) is 12.6 Å². The number of guanidine groups is 1. The van der Waals surface area contributed by atoms with Gasteiger partial charge in [0, 0.05) is 25.3 Å². The number of ether oxygens (including phenoxy) is 2. The number of methoxy groups -OCH3 is 2. The normalized spacial score (nSPS) is 13.7. The summed E-state index contributed by atoms with van der Waals surface area (Å²) in [5.74, 6) is 1.88. The first-order chi connectivity index (χ1) is 14.3. The second-order valence-corrected chi connectivity index (χ2v) is 7.37. The molecule has 8 heteroatoms. The number of aliphatic imine (C=N–C) groups is 1. The van der Waals surface area contributed by atoms with E-state index in [1.807, 2.05) is 31.6 Å². The van der Waals surface area contributed by atoms with E-state index in [1.165, 1.54) is 11.3 Å². The predicted molar refractivity (Wildman–Crippen MR) is 119 cm³/mol. The lowest BCUT2D eigenvalue weighted by Gasteiger charge is -2.19. The predicted octanol–water partition coefficient (Wildman–Crippen LogP) is 2.27. The largest absolute Gasteiger partial charge is 0.493 e. The molecule has 8 nitrogen and oxygen atoms in total. The molecule has 3 N–H and O–H groups in total. The quantitative estimate of drug-likeness (QED) is 0.428. The van der Waals surface area contributed by atoms with E-state index in [0.29, 0.717) is 17.5 Å². The summed E-state index contributed by atoms with van der Waals surface area (Å²) in [5, 5.41) is 21.8. The lowest BCUT2D eigenvalue weighted by Crippen LogP contribution is -2.43. The average molecular weight is 418 g/mol. The molecule has 2 aromatic rings. The highest BCUT2D eigenvalue weighted by atomic mass is 16.5. The molecule has 0 saturated heterocycles. The number of aryl methyl sites for hydroxylation is 2. The van der Waals surface area contributed by atoms with E-state index in [9.17, 15) is 5.11 Å². The van der Waals surface area contributed by atoms with Crippen LogP contribution < -0.4 is 20.1 Å². The molecule has 1 heterocycles. The van der Waals surface area contributed by atoms with Crippen LogP contribution in [-0.2, 0) is 13.5 Å². The van der Waals surface area contributed by atoms with Crippen LogP contribution >= 0.6 is 0 Å². The van der Waals surface area contributed by atoms with Crippen molar-refractivity contribution in [2.75, 3.05) is 27.3 Å². The first-order valence-electron chi connectivity index (χ1n) is 10.2. The Balaban J connectivity index is 2.06. The number of aliphatic hydroxyl groups is 1. The van der Waals surface area contributed by atoms with E-state index in [1.54, 1.807) is 26.4 Å². The number of aromatic nitrogens is 2. The highest BCUT2D eigenvalue weighted by Gasteiger charge is 2.15. The Morgan fingerprint density at radius 2 is 1.93 bits per heavy atom. The van der Waals surface area contributed by atoms with Crippen molar-refractivity contribution in [1.82, 2.24) is 20.4 Å². The van der Waals surface area contributed by atoms with Gasteiger partial charge in [-0.05, 0) is 57.4 Å². The number of hydrogen-bond donors (Lipinski definition) is 3. The van der Waals surface area contributed by atoms with Crippen molar-refractivity contribution in [2.45, 2.75) is 46.3 Å². The van der Waals surface area contributed by atoms with Crippen LogP contribution in [0.15, 0.2) is 23.2 Å². The molecule has 2 unspecified atom stereocenters. The van der Waals surface area contributed by atoms with Crippen LogP contribution in [0.1, 0.15) is 42.5 Å². The third-order valence-electron chi connectivity index (χ3n) is 5.11. The summed E-state index contributed by atoms with van der Waals surface area (Å²) in [6, 6.07) is 5.53. The molecule has 0 fully saturated rings. The van der Waals surface area contributed by atoms with E-state index in [4.69, 9.17) is 9.47 Å². The second kappa shape index (κ2) is 10.9. The standard InChI is InChI=1S/C22H35N5O3/c1-8-23-22(25-14(2)11-18-15(3)26-27(5)16(18)4)24-13-19(28)17-9-10-20(29-6)21(12-17)30-7/h9-10,12,14,19,28H,8,11,13H2,1-7H3,(H2,23,24,25). The number of nitrogens with one attached hydrogen (secondary N) is 2. The van der Waals surface area contributed by atoms with Crippen molar-refractivity contribution in [2.24, 2.45) is 12.0 Å². The van der Waals surface area contributed by atoms with Gasteiger partial charge in [0.15, 0.2) is 17.5 Å². The minimum Gasteiger partial charge on any atom is -0.493 e. The summed E-state index contributed by atoms with van der Waals surface area (Å²) in [4.78, 5) is 4.57. The Labute approximate surface area is 179 Å². The number of nitrogens with zero attached hydrogens (tertiary/aromatic N) is 3. The Bertz CT molecular complexity index is 863. The summed E-state index contributed by atoms with van der Waals surface area (Å²) < 4.78 is 12.5. The van der Waals surface area contributed by atoms with Gasteiger partial charge in [-0.2, -0.15) is 5.10 Å². The van der Waals surface area contributed by atoms with Gasteiger partial charge in [0.05, 0.1) is 32.6 Å². The van der Waals surface area contributed by atoms with Gasteiger partial charge in [0.25, 0.3) is 0 Å². The number of hydrogen-bond acceptors (Lipinski definition) is 5. The third kappa shape index (κ3) is 5.89. The molecule has 1 aromatic heterocycles. The lowest BCUT2D eigenvalue weighted by atomic mass is 10.1. The zero-order chi connectivity index (χ0) is 22.3. The van der Waals surface area contributed by atoms with Crippen LogP contribution in [0.2, 0.25) is 0 Å². The topological polar surface area (TPSA) is 92.9 Å². The maximum absolute atomic E-state index is 10.6. The highest BCUT2D eigenvalue weighted by Crippen LogP contribution is 2.30. The van der Waals surface area contributed by atoms with Gasteiger partial charge in [-0.15, -0.1) is 0 Å². The molecule has 0 aliphatic heterocycles. The molecule has 166 valence electrons. The Morgan fingerprint density at radius 3 is 2.50 bits per heavy atom. The van der Waals surface area contributed by atoms with E-state index < -0.39 is 6.10 Å². The van der Waals surface area contributed by atoms with Crippen LogP contribution in [0, 0.1) is 13.8 Å². The van der Waals surface area contributed by atoms with Gasteiger partial charge in [0.1, 0.15) is 0 Å². The molecular weight excluding hydrogens is 382 g/mol. The van der Waals surface area contributed by atoms with Crippen molar-refractivity contribution in [3.8, 4) is 11.5 Å². The van der Waals surface area contributed by atoms with E-state index in [2.05, 4.69) is 34.6 Å². The Kier molecular flexibility index (Phi) is 8.53. The van der Waals surface area contributed by atoms with Gasteiger partial charge in [0.2, 0.25) is 0 Å². The number of benzene rings is 1. The molecule has 0 saturated carbocycles. The highest BCUT2D eigenvalue weighted by molar-refractivity contribution is 5.80. The molecule has 0 aliphatic carbocycles. The summed E-state index contributed by atoms with van der Waals surface area (Å²) in [6.45, 7) is 9.21. The molecule has 0 bridgehead atoms. The molecule has 0 radical (unpaired) electrons. The van der Waals surface area contributed by atoms with Gasteiger partial charge in [-0.3, -0.25) is 9.67 Å². The van der Waals surface area contributed by atoms with Crippen LogP contribution in [0.3, 0.4) is 0 Å². The number of aliphatic hydroxyl groups excluding tert-OH is 1. The van der Waals surface area contributed by atoms with Gasteiger partial charge < -0.3 is 25.2 Å². The maximum Gasteiger partial charge on any atom is 0.191 e. The van der Waals surface area contributed by atoms with E-state index in [0.717, 1.165) is 24.2 Å². The van der Waals surface area contributed by atoms with Gasteiger partial charge in [-0.25, -0.2) is 0 Å². The maximum atomic E-state index is 10.6. The van der Waals surface area contributed by atoms with Crippen LogP contribution in [0.4, 0.5) is 0 Å². The molecule has 0 spiro atoms. The van der Waals surface area contributed by atoms with Crippen molar-refractivity contribution in [3.63, 3.8) is 0 Å².